The molecule has 2 saturated heterocycles. The number of hydrogen-bond donors (Lipinski definition) is 2. The van der Waals surface area contributed by atoms with Crippen molar-refractivity contribution in [3.63, 3.8) is 0 Å². The zero-order valence-corrected chi connectivity index (χ0v) is 27.2. The topological polar surface area (TPSA) is 130 Å². The third kappa shape index (κ3) is 8.56. The number of carbonyl (C=O) groups is 2. The lowest BCUT2D eigenvalue weighted by Crippen LogP contribution is -2.36. The third-order valence-corrected chi connectivity index (χ3v) is 9.54. The molecule has 0 unspecified atom stereocenters. The number of nitrogens with zero attached hydrogens (tertiary/aromatic N) is 5. The van der Waals surface area contributed by atoms with E-state index in [1.165, 1.54) is 36.9 Å². The smallest absolute Gasteiger partial charge is 0.419 e. The summed E-state index contributed by atoms with van der Waals surface area (Å²) >= 11 is 1.23. The highest BCUT2D eigenvalue weighted by atomic mass is 32.1. The number of carbonyl (C=O) groups excluding carboxylic acids is 1. The molecule has 254 valence electrons. The van der Waals surface area contributed by atoms with Crippen molar-refractivity contribution in [1.29, 1.82) is 0 Å². The zero-order valence-electron chi connectivity index (χ0n) is 26.4. The molecule has 1 aromatic carbocycles. The lowest BCUT2D eigenvalue weighted by molar-refractivity contribution is -0.142. The monoisotopic (exact) mass is 676 g/mol. The number of rotatable bonds is 13. The number of ether oxygens (including phenoxy) is 2. The van der Waals surface area contributed by atoms with E-state index in [1.807, 2.05) is 4.90 Å². The van der Waals surface area contributed by atoms with Crippen LogP contribution in [-0.4, -0.2) is 82.8 Å². The van der Waals surface area contributed by atoms with Crippen LogP contribution in [0.25, 0.3) is 11.3 Å². The molecule has 2 aliphatic heterocycles. The average molecular weight is 677 g/mol. The molecule has 0 bridgehead atoms. The summed E-state index contributed by atoms with van der Waals surface area (Å²) in [6.07, 6.45) is 2.66. The van der Waals surface area contributed by atoms with Gasteiger partial charge in [-0.1, -0.05) is 18.3 Å². The quantitative estimate of drug-likeness (QED) is 0.209. The number of nitrogens with one attached hydrogen (secondary N) is 1. The molecule has 0 aliphatic carbocycles. The van der Waals surface area contributed by atoms with E-state index >= 15 is 0 Å². The van der Waals surface area contributed by atoms with Crippen molar-refractivity contribution in [2.24, 2.45) is 5.92 Å². The zero-order chi connectivity index (χ0) is 33.6. The van der Waals surface area contributed by atoms with Gasteiger partial charge in [-0.3, -0.25) is 19.8 Å². The summed E-state index contributed by atoms with van der Waals surface area (Å²) in [5.41, 5.74) is -0.203. The molecule has 47 heavy (non-hydrogen) atoms. The number of halogens is 3. The maximum atomic E-state index is 14.2. The van der Waals surface area contributed by atoms with Gasteiger partial charge in [0.15, 0.2) is 5.13 Å². The van der Waals surface area contributed by atoms with Crippen LogP contribution in [0.3, 0.4) is 0 Å². The Morgan fingerprint density at radius 3 is 2.55 bits per heavy atom. The number of hydrogen-bond acceptors (Lipinski definition) is 10. The maximum Gasteiger partial charge on any atom is 0.419 e. The number of methoxy groups -OCH3 is 1. The second-order valence-electron chi connectivity index (χ2n) is 11.7. The molecule has 5 rings (SSSR count). The van der Waals surface area contributed by atoms with E-state index in [-0.39, 0.29) is 34.7 Å². The number of alkyl halides is 3. The molecule has 1 amide bonds. The summed E-state index contributed by atoms with van der Waals surface area (Å²) < 4.78 is 53.0. The first kappa shape index (κ1) is 34.5. The van der Waals surface area contributed by atoms with E-state index < -0.39 is 23.6 Å². The van der Waals surface area contributed by atoms with Crippen LogP contribution in [0.2, 0.25) is 0 Å². The van der Waals surface area contributed by atoms with Gasteiger partial charge in [-0.2, -0.15) is 13.2 Å². The Balaban J connectivity index is 1.37. The van der Waals surface area contributed by atoms with E-state index in [1.54, 1.807) is 6.07 Å². The number of aromatic nitrogens is 3. The van der Waals surface area contributed by atoms with Crippen LogP contribution in [-0.2, 0) is 22.3 Å². The fourth-order valence-corrected chi connectivity index (χ4v) is 7.02. The van der Waals surface area contributed by atoms with Crippen LogP contribution < -0.4 is 15.0 Å². The minimum atomic E-state index is -4.65. The molecule has 2 fully saturated rings. The standard InChI is InChI=1S/C32H39F3N6O5S/c1-3-22-6-4-11-41(22)19-26-28(21-7-8-25(46-15-5-14-45-2)23(16-21)32(33,34)35)38-31(47-26)39-29(42)24-17-37-27(18-36-24)40-12-9-20(10-13-40)30(43)44/h7-8,16-18,20,22H,3-6,9-15,19H2,1-2H3,(H,43,44)(H,38,39,42)/t22-/m1/s1. The molecule has 0 radical (unpaired) electrons. The normalized spacial score (nSPS) is 17.6. The molecule has 11 nitrogen and oxygen atoms in total. The molecule has 0 spiro atoms. The highest BCUT2D eigenvalue weighted by Crippen LogP contribution is 2.41. The van der Waals surface area contributed by atoms with Gasteiger partial charge >= 0.3 is 12.1 Å². The van der Waals surface area contributed by atoms with Crippen molar-refractivity contribution in [1.82, 2.24) is 19.9 Å². The Morgan fingerprint density at radius 2 is 1.89 bits per heavy atom. The molecule has 4 heterocycles. The lowest BCUT2D eigenvalue weighted by Gasteiger charge is -2.30. The minimum Gasteiger partial charge on any atom is -0.493 e. The predicted molar refractivity (Wildman–Crippen MR) is 171 cm³/mol. The fourth-order valence-electron chi connectivity index (χ4n) is 6.02. The van der Waals surface area contributed by atoms with Gasteiger partial charge in [-0.25, -0.2) is 15.0 Å². The van der Waals surface area contributed by atoms with Crippen LogP contribution in [0, 0.1) is 5.92 Å². The first-order valence-electron chi connectivity index (χ1n) is 15.8. The van der Waals surface area contributed by atoms with E-state index in [4.69, 9.17) is 9.47 Å². The number of benzene rings is 1. The van der Waals surface area contributed by atoms with Gasteiger partial charge in [-0.05, 0) is 56.8 Å². The molecule has 0 saturated carbocycles. The third-order valence-electron chi connectivity index (χ3n) is 8.58. The Bertz CT molecular complexity index is 1530. The predicted octanol–water partition coefficient (Wildman–Crippen LogP) is 5.96. The first-order chi connectivity index (χ1) is 22.6. The number of amides is 1. The summed E-state index contributed by atoms with van der Waals surface area (Å²) in [6, 6.07) is 4.30. The molecular weight excluding hydrogens is 637 g/mol. The molecule has 2 aromatic heterocycles. The van der Waals surface area contributed by atoms with Crippen molar-refractivity contribution in [2.75, 3.05) is 50.2 Å². The lowest BCUT2D eigenvalue weighted by atomic mass is 9.97. The molecule has 2 aliphatic rings. The number of likely N-dealkylation sites (tertiary alicyclic amines) is 1. The van der Waals surface area contributed by atoms with Gasteiger partial charge in [0, 0.05) is 56.3 Å². The summed E-state index contributed by atoms with van der Waals surface area (Å²) in [6.45, 7) is 4.97. The van der Waals surface area contributed by atoms with E-state index in [0.29, 0.717) is 63.1 Å². The Hall–Kier alpha value is -3.82. The molecule has 2 N–H and O–H groups in total. The van der Waals surface area contributed by atoms with Crippen LogP contribution in [0.5, 0.6) is 5.75 Å². The summed E-state index contributed by atoms with van der Waals surface area (Å²) in [5.74, 6) is -1.45. The van der Waals surface area contributed by atoms with Crippen molar-refractivity contribution >= 4 is 34.2 Å². The van der Waals surface area contributed by atoms with Crippen LogP contribution >= 0.6 is 11.3 Å². The number of carboxylic acid groups (broad SMARTS) is 1. The van der Waals surface area contributed by atoms with E-state index in [2.05, 4.69) is 32.1 Å². The van der Waals surface area contributed by atoms with Gasteiger partial charge in [-0.15, -0.1) is 0 Å². The summed E-state index contributed by atoms with van der Waals surface area (Å²) in [5, 5.41) is 12.2. The van der Waals surface area contributed by atoms with Crippen molar-refractivity contribution in [3.05, 3.63) is 46.7 Å². The highest BCUT2D eigenvalue weighted by molar-refractivity contribution is 7.16. The Morgan fingerprint density at radius 1 is 1.11 bits per heavy atom. The van der Waals surface area contributed by atoms with Crippen LogP contribution in [0.1, 0.15) is 66.4 Å². The van der Waals surface area contributed by atoms with Gasteiger partial charge in [0.2, 0.25) is 0 Å². The molecule has 3 aromatic rings. The second-order valence-corrected chi connectivity index (χ2v) is 12.8. The number of aliphatic carboxylic acids is 1. The minimum absolute atomic E-state index is 0.0485. The summed E-state index contributed by atoms with van der Waals surface area (Å²) in [4.78, 5) is 42.7. The van der Waals surface area contributed by atoms with Gasteiger partial charge in [0.25, 0.3) is 5.91 Å². The number of anilines is 2. The maximum absolute atomic E-state index is 14.2. The van der Waals surface area contributed by atoms with Gasteiger partial charge in [0.1, 0.15) is 17.3 Å². The Kier molecular flexibility index (Phi) is 11.3. The molecule has 1 atom stereocenters. The largest absolute Gasteiger partial charge is 0.493 e. The van der Waals surface area contributed by atoms with Crippen LogP contribution in [0.4, 0.5) is 24.1 Å². The number of thiazole rings is 1. The van der Waals surface area contributed by atoms with Crippen molar-refractivity contribution in [3.8, 4) is 17.0 Å². The fraction of sp³-hybridized carbons (Fsp3) is 0.531. The molecular formula is C32H39F3N6O5S. The van der Waals surface area contributed by atoms with E-state index in [0.717, 1.165) is 36.8 Å². The van der Waals surface area contributed by atoms with Gasteiger partial charge < -0.3 is 19.5 Å². The highest BCUT2D eigenvalue weighted by Gasteiger charge is 2.35. The SMILES string of the molecule is CC[C@@H]1CCCN1Cc1sc(NC(=O)c2cnc(N3CCC(C(=O)O)CC3)cn2)nc1-c1ccc(OCCCOC)c(C(F)(F)F)c1. The first-order valence-corrected chi connectivity index (χ1v) is 16.6. The van der Waals surface area contributed by atoms with Crippen LogP contribution in [0.15, 0.2) is 30.6 Å². The molecule has 15 heteroatoms. The number of piperidine rings is 1. The average Bonchev–Trinajstić information content (AvgIpc) is 3.69. The van der Waals surface area contributed by atoms with Gasteiger partial charge in [0.05, 0.1) is 36.2 Å². The Labute approximate surface area is 275 Å². The van der Waals surface area contributed by atoms with Crippen molar-refractivity contribution < 1.29 is 37.3 Å². The summed E-state index contributed by atoms with van der Waals surface area (Å²) in [7, 11) is 1.52. The van der Waals surface area contributed by atoms with Crippen molar-refractivity contribution in [2.45, 2.75) is 64.2 Å². The second kappa shape index (κ2) is 15.4. The number of carboxylic acids is 1. The van der Waals surface area contributed by atoms with E-state index in [9.17, 15) is 27.9 Å².